The lowest BCUT2D eigenvalue weighted by Gasteiger charge is -2.34. The normalized spacial score (nSPS) is 14.6. The largest absolute Gasteiger partial charge is 0.345 e. The topological polar surface area (TPSA) is 36.4 Å². The number of rotatable bonds is 3. The van der Waals surface area contributed by atoms with Crippen molar-refractivity contribution < 1.29 is 4.79 Å². The Morgan fingerprint density at radius 2 is 1.73 bits per heavy atom. The highest BCUT2D eigenvalue weighted by atomic mass is 32.1. The standard InChI is InChI=1S/C25H25N3OS/c1-17-7-10-22-24(18(17)2)26-25(30-22)28-13-11-27(12-14-28)23(29)16-19-8-9-20-5-3-4-6-21(20)15-19/h3-10,15H,11-14,16H2,1-2H3. The van der Waals surface area contributed by atoms with Gasteiger partial charge in [0.15, 0.2) is 5.13 Å². The number of hydrogen-bond donors (Lipinski definition) is 0. The summed E-state index contributed by atoms with van der Waals surface area (Å²) in [5.41, 5.74) is 4.74. The van der Waals surface area contributed by atoms with Crippen LogP contribution in [-0.4, -0.2) is 42.0 Å². The van der Waals surface area contributed by atoms with Gasteiger partial charge in [0.2, 0.25) is 5.91 Å². The molecule has 0 unspecified atom stereocenters. The Hall–Kier alpha value is -2.92. The van der Waals surface area contributed by atoms with E-state index in [1.54, 1.807) is 11.3 Å². The first kappa shape index (κ1) is 19.1. The van der Waals surface area contributed by atoms with E-state index in [2.05, 4.69) is 61.2 Å². The lowest BCUT2D eigenvalue weighted by Crippen LogP contribution is -2.49. The number of carbonyl (C=O) groups excluding carboxylic acids is 1. The molecule has 30 heavy (non-hydrogen) atoms. The molecule has 5 rings (SSSR count). The Morgan fingerprint density at radius 1 is 0.967 bits per heavy atom. The van der Waals surface area contributed by atoms with Crippen molar-refractivity contribution in [1.29, 1.82) is 0 Å². The Labute approximate surface area is 180 Å². The van der Waals surface area contributed by atoms with Gasteiger partial charge in [-0.05, 0) is 47.4 Å². The van der Waals surface area contributed by atoms with Crippen LogP contribution in [0.3, 0.4) is 0 Å². The highest BCUT2D eigenvalue weighted by molar-refractivity contribution is 7.22. The number of aryl methyl sites for hydroxylation is 2. The molecule has 1 fully saturated rings. The number of fused-ring (bicyclic) bond motifs is 2. The quantitative estimate of drug-likeness (QED) is 0.475. The zero-order valence-electron chi connectivity index (χ0n) is 17.4. The van der Waals surface area contributed by atoms with Crippen LogP contribution in [0, 0.1) is 13.8 Å². The number of nitrogens with zero attached hydrogens (tertiary/aromatic N) is 3. The smallest absolute Gasteiger partial charge is 0.227 e. The highest BCUT2D eigenvalue weighted by Gasteiger charge is 2.23. The molecule has 0 aliphatic carbocycles. The second-order valence-electron chi connectivity index (χ2n) is 8.08. The first-order valence-corrected chi connectivity index (χ1v) is 11.3. The van der Waals surface area contributed by atoms with Gasteiger partial charge in [-0.15, -0.1) is 0 Å². The predicted molar refractivity (Wildman–Crippen MR) is 126 cm³/mol. The predicted octanol–water partition coefficient (Wildman–Crippen LogP) is 4.96. The molecule has 0 radical (unpaired) electrons. The molecule has 1 aliphatic rings. The fourth-order valence-corrected chi connectivity index (χ4v) is 5.21. The van der Waals surface area contributed by atoms with Crippen molar-refractivity contribution in [2.75, 3.05) is 31.1 Å². The van der Waals surface area contributed by atoms with Crippen LogP contribution in [0.15, 0.2) is 54.6 Å². The van der Waals surface area contributed by atoms with Gasteiger partial charge in [-0.2, -0.15) is 0 Å². The number of thiazole rings is 1. The third-order valence-corrected chi connectivity index (χ3v) is 7.23. The van der Waals surface area contributed by atoms with Crippen molar-refractivity contribution in [1.82, 2.24) is 9.88 Å². The molecule has 1 aromatic heterocycles. The minimum atomic E-state index is 0.209. The summed E-state index contributed by atoms with van der Waals surface area (Å²) in [6.07, 6.45) is 0.463. The van der Waals surface area contributed by atoms with E-state index in [1.807, 2.05) is 17.0 Å². The van der Waals surface area contributed by atoms with E-state index < -0.39 is 0 Å². The van der Waals surface area contributed by atoms with E-state index in [1.165, 1.54) is 26.6 Å². The number of anilines is 1. The molecule has 4 aromatic rings. The van der Waals surface area contributed by atoms with Crippen LogP contribution in [0.1, 0.15) is 16.7 Å². The summed E-state index contributed by atoms with van der Waals surface area (Å²) in [4.78, 5) is 22.1. The molecular formula is C25H25N3OS. The lowest BCUT2D eigenvalue weighted by molar-refractivity contribution is -0.130. The van der Waals surface area contributed by atoms with Crippen molar-refractivity contribution in [3.8, 4) is 0 Å². The van der Waals surface area contributed by atoms with E-state index in [9.17, 15) is 4.79 Å². The Kier molecular flexibility index (Phi) is 4.91. The van der Waals surface area contributed by atoms with Gasteiger partial charge in [-0.3, -0.25) is 4.79 Å². The summed E-state index contributed by atoms with van der Waals surface area (Å²) in [6, 6.07) is 18.9. The highest BCUT2D eigenvalue weighted by Crippen LogP contribution is 2.32. The van der Waals surface area contributed by atoms with Crippen molar-refractivity contribution in [2.24, 2.45) is 0 Å². The summed E-state index contributed by atoms with van der Waals surface area (Å²) >= 11 is 1.75. The summed E-state index contributed by atoms with van der Waals surface area (Å²) < 4.78 is 1.24. The summed E-state index contributed by atoms with van der Waals surface area (Å²) in [5.74, 6) is 0.209. The van der Waals surface area contributed by atoms with Gasteiger partial charge in [0.05, 0.1) is 16.6 Å². The first-order chi connectivity index (χ1) is 14.6. The fourth-order valence-electron chi connectivity index (χ4n) is 4.13. The number of hydrogen-bond acceptors (Lipinski definition) is 4. The van der Waals surface area contributed by atoms with Crippen molar-refractivity contribution in [2.45, 2.75) is 20.3 Å². The monoisotopic (exact) mass is 415 g/mol. The molecule has 5 heteroatoms. The fraction of sp³-hybridized carbons (Fsp3) is 0.280. The Balaban J connectivity index is 1.25. The second kappa shape index (κ2) is 7.73. The number of piperazine rings is 1. The van der Waals surface area contributed by atoms with Gasteiger partial charge < -0.3 is 9.80 Å². The summed E-state index contributed by atoms with van der Waals surface area (Å²) in [5, 5.41) is 3.47. The van der Waals surface area contributed by atoms with Crippen LogP contribution >= 0.6 is 11.3 Å². The zero-order valence-corrected chi connectivity index (χ0v) is 18.2. The number of benzene rings is 3. The molecule has 1 saturated heterocycles. The third-order valence-electron chi connectivity index (χ3n) is 6.15. The summed E-state index contributed by atoms with van der Waals surface area (Å²) in [6.45, 7) is 7.45. The molecule has 0 atom stereocenters. The molecule has 0 N–H and O–H groups in total. The van der Waals surface area contributed by atoms with Crippen molar-refractivity contribution >= 4 is 43.4 Å². The van der Waals surface area contributed by atoms with Gasteiger partial charge in [-0.25, -0.2) is 4.98 Å². The minimum Gasteiger partial charge on any atom is -0.345 e. The summed E-state index contributed by atoms with van der Waals surface area (Å²) in [7, 11) is 0. The van der Waals surface area contributed by atoms with Crippen molar-refractivity contribution in [3.63, 3.8) is 0 Å². The SMILES string of the molecule is Cc1ccc2sc(N3CCN(C(=O)Cc4ccc5ccccc5c4)CC3)nc2c1C. The molecule has 152 valence electrons. The number of amides is 1. The molecule has 1 aliphatic heterocycles. The first-order valence-electron chi connectivity index (χ1n) is 10.5. The molecule has 3 aromatic carbocycles. The van der Waals surface area contributed by atoms with Crippen molar-refractivity contribution in [3.05, 3.63) is 71.3 Å². The molecule has 0 spiro atoms. The van der Waals surface area contributed by atoms with Crippen LogP contribution in [0.4, 0.5) is 5.13 Å². The van der Waals surface area contributed by atoms with Gasteiger partial charge in [0.25, 0.3) is 0 Å². The van der Waals surface area contributed by atoms with Crippen LogP contribution in [0.2, 0.25) is 0 Å². The van der Waals surface area contributed by atoms with Crippen LogP contribution < -0.4 is 4.90 Å². The molecule has 4 nitrogen and oxygen atoms in total. The second-order valence-corrected chi connectivity index (χ2v) is 9.09. The Morgan fingerprint density at radius 3 is 2.53 bits per heavy atom. The third kappa shape index (κ3) is 3.54. The van der Waals surface area contributed by atoms with Gasteiger partial charge in [0, 0.05) is 26.2 Å². The molecule has 0 bridgehead atoms. The average molecular weight is 416 g/mol. The number of carbonyl (C=O) groups is 1. The van der Waals surface area contributed by atoms with Crippen LogP contribution in [0.25, 0.3) is 21.0 Å². The maximum absolute atomic E-state index is 12.9. The minimum absolute atomic E-state index is 0.209. The molecular weight excluding hydrogens is 390 g/mol. The molecule has 2 heterocycles. The maximum atomic E-state index is 12.9. The van der Waals surface area contributed by atoms with Gasteiger partial charge in [-0.1, -0.05) is 59.9 Å². The molecule has 0 saturated carbocycles. The van der Waals surface area contributed by atoms with E-state index in [0.717, 1.165) is 42.4 Å². The van der Waals surface area contributed by atoms with E-state index in [4.69, 9.17) is 4.98 Å². The van der Waals surface area contributed by atoms with Gasteiger partial charge in [0.1, 0.15) is 0 Å². The van der Waals surface area contributed by atoms with Gasteiger partial charge >= 0.3 is 0 Å². The average Bonchev–Trinajstić information content (AvgIpc) is 3.21. The zero-order chi connectivity index (χ0) is 20.7. The molecule has 1 amide bonds. The van der Waals surface area contributed by atoms with Crippen LogP contribution in [-0.2, 0) is 11.2 Å². The maximum Gasteiger partial charge on any atom is 0.227 e. The van der Waals surface area contributed by atoms with E-state index in [-0.39, 0.29) is 5.91 Å². The lowest BCUT2D eigenvalue weighted by atomic mass is 10.0. The van der Waals surface area contributed by atoms with E-state index >= 15 is 0 Å². The Bertz CT molecular complexity index is 1240. The number of aromatic nitrogens is 1. The van der Waals surface area contributed by atoms with E-state index in [0.29, 0.717) is 6.42 Å². The van der Waals surface area contributed by atoms with Crippen LogP contribution in [0.5, 0.6) is 0 Å².